The third-order valence-electron chi connectivity index (χ3n) is 3.75. The van der Waals surface area contributed by atoms with E-state index in [1.807, 2.05) is 24.3 Å². The van der Waals surface area contributed by atoms with Crippen LogP contribution in [0.25, 0.3) is 10.1 Å². The Morgan fingerprint density at radius 3 is 2.40 bits per heavy atom. The zero-order valence-corrected chi connectivity index (χ0v) is 14.8. The van der Waals surface area contributed by atoms with Gasteiger partial charge in [0, 0.05) is 16.1 Å². The van der Waals surface area contributed by atoms with E-state index in [2.05, 4.69) is 4.72 Å². The molecule has 0 spiro atoms. The molecule has 8 heteroatoms. The number of benzene rings is 2. The number of hydrogen-bond acceptors (Lipinski definition) is 4. The van der Waals surface area contributed by atoms with Crippen molar-refractivity contribution in [1.82, 2.24) is 4.72 Å². The largest absolute Gasteiger partial charge is 0.383 e. The Balaban J connectivity index is 1.86. The predicted octanol–water partition coefficient (Wildman–Crippen LogP) is 3.37. The first-order valence-corrected chi connectivity index (χ1v) is 9.66. The maximum absolute atomic E-state index is 13.7. The van der Waals surface area contributed by atoms with Gasteiger partial charge >= 0.3 is 0 Å². The van der Waals surface area contributed by atoms with Crippen molar-refractivity contribution in [3.8, 4) is 0 Å². The molecule has 3 rings (SSSR count). The molecule has 0 amide bonds. The van der Waals surface area contributed by atoms with Crippen LogP contribution in [-0.4, -0.2) is 20.1 Å². The first-order chi connectivity index (χ1) is 11.7. The molecular weight excluding hydrogens is 368 g/mol. The summed E-state index contributed by atoms with van der Waals surface area (Å²) in [6.07, 6.45) is 0. The van der Waals surface area contributed by atoms with E-state index in [4.69, 9.17) is 0 Å². The molecule has 1 atom stereocenters. The zero-order valence-electron chi connectivity index (χ0n) is 13.2. The molecule has 0 bridgehead atoms. The molecule has 0 fully saturated rings. The minimum absolute atomic E-state index is 0.421. The molecule has 132 valence electrons. The van der Waals surface area contributed by atoms with Crippen molar-refractivity contribution < 1.29 is 22.3 Å². The lowest BCUT2D eigenvalue weighted by Gasteiger charge is -2.22. The van der Waals surface area contributed by atoms with Crippen LogP contribution >= 0.6 is 11.3 Å². The van der Waals surface area contributed by atoms with Gasteiger partial charge in [0.2, 0.25) is 10.0 Å². The second-order valence-electron chi connectivity index (χ2n) is 5.80. The number of rotatable bonds is 5. The number of thiophene rings is 1. The van der Waals surface area contributed by atoms with E-state index in [-0.39, 0.29) is 0 Å². The third-order valence-corrected chi connectivity index (χ3v) is 6.57. The smallest absolute Gasteiger partial charge is 0.246 e. The van der Waals surface area contributed by atoms with Crippen LogP contribution in [0.4, 0.5) is 8.78 Å². The fraction of sp³-hybridized carbons (Fsp3) is 0.176. The van der Waals surface area contributed by atoms with Crippen LogP contribution in [0.5, 0.6) is 0 Å². The van der Waals surface area contributed by atoms with Crippen LogP contribution in [0.3, 0.4) is 0 Å². The van der Waals surface area contributed by atoms with E-state index in [1.54, 1.807) is 6.07 Å². The van der Waals surface area contributed by atoms with E-state index in [1.165, 1.54) is 18.3 Å². The van der Waals surface area contributed by atoms with Crippen molar-refractivity contribution in [2.24, 2.45) is 0 Å². The summed E-state index contributed by atoms with van der Waals surface area (Å²) in [5, 5.41) is 11.6. The summed E-state index contributed by atoms with van der Waals surface area (Å²) in [6, 6.07) is 12.1. The first-order valence-electron chi connectivity index (χ1n) is 7.36. The van der Waals surface area contributed by atoms with Gasteiger partial charge in [-0.2, -0.15) is 0 Å². The summed E-state index contributed by atoms with van der Waals surface area (Å²) >= 11 is 1.32. The average Bonchev–Trinajstić information content (AvgIpc) is 2.98. The average molecular weight is 383 g/mol. The summed E-state index contributed by atoms with van der Waals surface area (Å²) in [5.41, 5.74) is -1.53. The predicted molar refractivity (Wildman–Crippen MR) is 92.9 cm³/mol. The number of aliphatic hydroxyl groups is 1. The van der Waals surface area contributed by atoms with Gasteiger partial charge in [-0.3, -0.25) is 0 Å². The molecule has 1 aromatic heterocycles. The Kier molecular flexibility index (Phi) is 4.63. The fourth-order valence-electron chi connectivity index (χ4n) is 2.38. The highest BCUT2D eigenvalue weighted by atomic mass is 32.2. The molecule has 1 unspecified atom stereocenters. The van der Waals surface area contributed by atoms with E-state index in [0.717, 1.165) is 28.3 Å². The molecule has 1 heterocycles. The van der Waals surface area contributed by atoms with Crippen molar-refractivity contribution in [2.75, 3.05) is 6.54 Å². The Bertz CT molecular complexity index is 976. The van der Waals surface area contributed by atoms with E-state index >= 15 is 0 Å². The molecule has 3 aromatic rings. The van der Waals surface area contributed by atoms with Gasteiger partial charge in [0.1, 0.15) is 17.2 Å². The van der Waals surface area contributed by atoms with Gasteiger partial charge in [0.15, 0.2) is 4.90 Å². The summed E-state index contributed by atoms with van der Waals surface area (Å²) in [6.45, 7) is 1.02. The van der Waals surface area contributed by atoms with Gasteiger partial charge in [-0.1, -0.05) is 24.3 Å². The highest BCUT2D eigenvalue weighted by molar-refractivity contribution is 7.89. The van der Waals surface area contributed by atoms with Gasteiger partial charge in [-0.15, -0.1) is 11.3 Å². The van der Waals surface area contributed by atoms with Gasteiger partial charge in [-0.25, -0.2) is 21.9 Å². The van der Waals surface area contributed by atoms with Gasteiger partial charge < -0.3 is 5.11 Å². The van der Waals surface area contributed by atoms with Crippen LogP contribution in [0.15, 0.2) is 53.4 Å². The first kappa shape index (κ1) is 17.9. The minimum atomic E-state index is -4.45. The molecule has 2 aromatic carbocycles. The van der Waals surface area contributed by atoms with Crippen molar-refractivity contribution in [3.63, 3.8) is 0 Å². The van der Waals surface area contributed by atoms with Gasteiger partial charge in [-0.05, 0) is 36.6 Å². The summed E-state index contributed by atoms with van der Waals surface area (Å²) in [4.78, 5) is -0.507. The van der Waals surface area contributed by atoms with Crippen molar-refractivity contribution in [3.05, 3.63) is 65.0 Å². The molecule has 4 nitrogen and oxygen atoms in total. The number of fused-ring (bicyclic) bond motifs is 1. The van der Waals surface area contributed by atoms with Crippen LogP contribution in [-0.2, 0) is 15.6 Å². The number of halogens is 2. The Hall–Kier alpha value is -1.87. The molecule has 0 saturated carbocycles. The third kappa shape index (κ3) is 3.57. The fourth-order valence-corrected chi connectivity index (χ4v) is 4.75. The van der Waals surface area contributed by atoms with E-state index in [9.17, 15) is 22.3 Å². The number of hydrogen-bond donors (Lipinski definition) is 2. The molecular formula is C17H15F2NO3S2. The lowest BCUT2D eigenvalue weighted by molar-refractivity contribution is 0.0666. The van der Waals surface area contributed by atoms with E-state index < -0.39 is 38.7 Å². The topological polar surface area (TPSA) is 66.4 Å². The van der Waals surface area contributed by atoms with Crippen molar-refractivity contribution in [2.45, 2.75) is 17.4 Å². The second kappa shape index (κ2) is 6.45. The molecule has 0 saturated heterocycles. The van der Waals surface area contributed by atoms with Crippen LogP contribution in [0.2, 0.25) is 0 Å². The number of sulfonamides is 1. The molecule has 0 aliphatic carbocycles. The molecule has 2 N–H and O–H groups in total. The molecule has 0 radical (unpaired) electrons. The SMILES string of the molecule is CC(O)(CNS(=O)(=O)c1c(F)cccc1F)c1cc2ccccc2s1. The van der Waals surface area contributed by atoms with Crippen LogP contribution in [0.1, 0.15) is 11.8 Å². The zero-order chi connectivity index (χ0) is 18.2. The summed E-state index contributed by atoms with van der Waals surface area (Å²) in [7, 11) is -4.45. The Morgan fingerprint density at radius 1 is 1.12 bits per heavy atom. The van der Waals surface area contributed by atoms with E-state index in [0.29, 0.717) is 4.88 Å². The Morgan fingerprint density at radius 2 is 1.76 bits per heavy atom. The highest BCUT2D eigenvalue weighted by Gasteiger charge is 2.30. The van der Waals surface area contributed by atoms with Crippen molar-refractivity contribution in [1.29, 1.82) is 0 Å². The minimum Gasteiger partial charge on any atom is -0.383 e. The lowest BCUT2D eigenvalue weighted by Crippen LogP contribution is -2.38. The Labute approximate surface area is 147 Å². The molecule has 25 heavy (non-hydrogen) atoms. The lowest BCUT2D eigenvalue weighted by atomic mass is 10.1. The van der Waals surface area contributed by atoms with Gasteiger partial charge in [0.25, 0.3) is 0 Å². The van der Waals surface area contributed by atoms with Crippen LogP contribution < -0.4 is 4.72 Å². The molecule has 0 aliphatic rings. The highest BCUT2D eigenvalue weighted by Crippen LogP contribution is 2.33. The molecule has 0 aliphatic heterocycles. The normalized spacial score (nSPS) is 14.6. The van der Waals surface area contributed by atoms with Gasteiger partial charge in [0.05, 0.1) is 0 Å². The number of nitrogens with one attached hydrogen (secondary N) is 1. The maximum Gasteiger partial charge on any atom is 0.246 e. The summed E-state index contributed by atoms with van der Waals surface area (Å²) < 4.78 is 54.9. The second-order valence-corrected chi connectivity index (χ2v) is 8.59. The summed E-state index contributed by atoms with van der Waals surface area (Å²) in [5.74, 6) is -2.37. The monoisotopic (exact) mass is 383 g/mol. The quantitative estimate of drug-likeness (QED) is 0.710. The maximum atomic E-state index is 13.7. The standard InChI is InChI=1S/C17H15F2NO3S2/c1-17(21,15-9-11-5-2-3-8-14(11)24-15)10-20-25(22,23)16-12(18)6-4-7-13(16)19/h2-9,20-21H,10H2,1H3. The van der Waals surface area contributed by atoms with Crippen molar-refractivity contribution >= 4 is 31.4 Å². The van der Waals surface area contributed by atoms with Crippen LogP contribution in [0, 0.1) is 11.6 Å².